The van der Waals surface area contributed by atoms with Crippen LogP contribution in [0.3, 0.4) is 0 Å². The Morgan fingerprint density at radius 2 is 1.62 bits per heavy atom. The second-order valence-corrected chi connectivity index (χ2v) is 8.11. The van der Waals surface area contributed by atoms with Gasteiger partial charge >= 0.3 is 0 Å². The summed E-state index contributed by atoms with van der Waals surface area (Å²) in [4.78, 5) is 17.7. The molecule has 0 aromatic heterocycles. The Balaban J connectivity index is 1.41. The molecule has 5 nitrogen and oxygen atoms in total. The molecule has 1 N–H and O–H groups in total. The molecular weight excluding hydrogens is 396 g/mol. The van der Waals surface area contributed by atoms with Crippen LogP contribution in [0.15, 0.2) is 78.9 Å². The number of hydrogen-bond donors (Lipinski definition) is 1. The summed E-state index contributed by atoms with van der Waals surface area (Å²) in [7, 11) is 0. The molecule has 3 aromatic rings. The van der Waals surface area contributed by atoms with E-state index in [4.69, 9.17) is 5.26 Å². The molecule has 3 aromatic carbocycles. The molecule has 0 aliphatic carbocycles. The highest BCUT2D eigenvalue weighted by Gasteiger charge is 2.24. The highest BCUT2D eigenvalue weighted by Crippen LogP contribution is 2.28. The van der Waals surface area contributed by atoms with E-state index in [2.05, 4.69) is 33.3 Å². The maximum atomic E-state index is 13.1. The zero-order valence-electron chi connectivity index (χ0n) is 18.4. The van der Waals surface area contributed by atoms with Crippen LogP contribution in [0.25, 0.3) is 11.1 Å². The van der Waals surface area contributed by atoms with E-state index in [0.29, 0.717) is 5.56 Å². The van der Waals surface area contributed by atoms with Crippen molar-refractivity contribution in [2.45, 2.75) is 19.4 Å². The van der Waals surface area contributed by atoms with E-state index in [1.165, 1.54) is 0 Å². The van der Waals surface area contributed by atoms with Crippen LogP contribution < -0.4 is 10.2 Å². The van der Waals surface area contributed by atoms with Gasteiger partial charge in [0.2, 0.25) is 5.91 Å². The minimum absolute atomic E-state index is 0.0141. The average Bonchev–Trinajstić information content (AvgIpc) is 3.11. The van der Waals surface area contributed by atoms with E-state index in [1.54, 1.807) is 0 Å². The smallest absolute Gasteiger partial charge is 0.241 e. The minimum atomic E-state index is -0.222. The SMILES string of the molecule is CC(C(=O)Nc1ccccc1-c1ccccc1)N1CCCN(c2ccc(C#N)cc2)CC1. The first-order valence-electron chi connectivity index (χ1n) is 11.1. The standard InChI is InChI=1S/C27H28N4O/c1-21(27(32)29-26-11-6-5-10-25(26)23-8-3-2-4-9-23)30-16-7-17-31(19-18-30)24-14-12-22(20-28)13-15-24/h2-6,8-15,21H,7,16-19H2,1H3,(H,29,32). The van der Waals surface area contributed by atoms with Crippen molar-refractivity contribution >= 4 is 17.3 Å². The van der Waals surface area contributed by atoms with Crippen molar-refractivity contribution < 1.29 is 4.79 Å². The van der Waals surface area contributed by atoms with Crippen molar-refractivity contribution in [3.05, 3.63) is 84.4 Å². The molecule has 1 fully saturated rings. The van der Waals surface area contributed by atoms with E-state index in [0.717, 1.165) is 55.1 Å². The van der Waals surface area contributed by atoms with E-state index >= 15 is 0 Å². The van der Waals surface area contributed by atoms with E-state index in [9.17, 15) is 4.79 Å². The third-order valence-electron chi connectivity index (χ3n) is 6.09. The summed E-state index contributed by atoms with van der Waals surface area (Å²) < 4.78 is 0. The first-order chi connectivity index (χ1) is 15.7. The number of hydrogen-bond acceptors (Lipinski definition) is 4. The van der Waals surface area contributed by atoms with Crippen LogP contribution in [0.4, 0.5) is 11.4 Å². The molecule has 0 saturated carbocycles. The maximum absolute atomic E-state index is 13.1. The van der Waals surface area contributed by atoms with Crippen molar-refractivity contribution in [3.8, 4) is 17.2 Å². The molecule has 1 heterocycles. The Labute approximate surface area is 189 Å². The van der Waals surface area contributed by atoms with Crippen LogP contribution in [-0.4, -0.2) is 43.0 Å². The zero-order chi connectivity index (χ0) is 22.3. The quantitative estimate of drug-likeness (QED) is 0.641. The first kappa shape index (κ1) is 21.6. The van der Waals surface area contributed by atoms with Crippen molar-refractivity contribution in [2.24, 2.45) is 0 Å². The van der Waals surface area contributed by atoms with Gasteiger partial charge in [0.1, 0.15) is 0 Å². The molecule has 1 atom stereocenters. The highest BCUT2D eigenvalue weighted by molar-refractivity contribution is 5.98. The first-order valence-corrected chi connectivity index (χ1v) is 11.1. The van der Waals surface area contributed by atoms with Gasteiger partial charge in [-0.05, 0) is 49.2 Å². The Morgan fingerprint density at radius 1 is 0.906 bits per heavy atom. The van der Waals surface area contributed by atoms with E-state index in [-0.39, 0.29) is 11.9 Å². The summed E-state index contributed by atoms with van der Waals surface area (Å²) in [5.74, 6) is 0.0141. The molecule has 32 heavy (non-hydrogen) atoms. The van der Waals surface area contributed by atoms with Gasteiger partial charge in [0, 0.05) is 43.1 Å². The number of carbonyl (C=O) groups excluding carboxylic acids is 1. The Morgan fingerprint density at radius 3 is 2.38 bits per heavy atom. The van der Waals surface area contributed by atoms with E-state index < -0.39 is 0 Å². The van der Waals surface area contributed by atoms with Crippen LogP contribution in [0, 0.1) is 11.3 Å². The summed E-state index contributed by atoms with van der Waals surface area (Å²) in [6, 6.07) is 27.7. The molecule has 4 rings (SSSR count). The van der Waals surface area contributed by atoms with Gasteiger partial charge in [0.05, 0.1) is 17.7 Å². The average molecular weight is 425 g/mol. The number of nitrogens with zero attached hydrogens (tertiary/aromatic N) is 3. The molecule has 1 amide bonds. The third-order valence-corrected chi connectivity index (χ3v) is 6.09. The number of amides is 1. The van der Waals surface area contributed by atoms with Crippen LogP contribution in [0.2, 0.25) is 0 Å². The van der Waals surface area contributed by atoms with Crippen molar-refractivity contribution in [3.63, 3.8) is 0 Å². The van der Waals surface area contributed by atoms with Gasteiger partial charge in [-0.25, -0.2) is 0 Å². The minimum Gasteiger partial charge on any atom is -0.370 e. The Bertz CT molecular complexity index is 1090. The highest BCUT2D eigenvalue weighted by atomic mass is 16.2. The Hall–Kier alpha value is -3.62. The molecule has 1 aliphatic rings. The topological polar surface area (TPSA) is 59.4 Å². The lowest BCUT2D eigenvalue weighted by molar-refractivity contribution is -0.120. The number of nitriles is 1. The molecule has 0 radical (unpaired) electrons. The lowest BCUT2D eigenvalue weighted by Crippen LogP contribution is -2.44. The van der Waals surface area contributed by atoms with Crippen LogP contribution >= 0.6 is 0 Å². The predicted molar refractivity (Wildman–Crippen MR) is 130 cm³/mol. The number of benzene rings is 3. The molecular formula is C27H28N4O. The van der Waals surface area contributed by atoms with Gasteiger partial charge in [-0.1, -0.05) is 48.5 Å². The van der Waals surface area contributed by atoms with Gasteiger partial charge in [0.25, 0.3) is 0 Å². The fourth-order valence-electron chi connectivity index (χ4n) is 4.19. The van der Waals surface area contributed by atoms with Gasteiger partial charge < -0.3 is 10.2 Å². The van der Waals surface area contributed by atoms with Crippen molar-refractivity contribution in [1.82, 2.24) is 4.90 Å². The summed E-state index contributed by atoms with van der Waals surface area (Å²) in [5, 5.41) is 12.2. The van der Waals surface area contributed by atoms with Crippen molar-refractivity contribution in [2.75, 3.05) is 36.4 Å². The number of rotatable bonds is 5. The van der Waals surface area contributed by atoms with Gasteiger partial charge in [-0.3, -0.25) is 9.69 Å². The monoisotopic (exact) mass is 424 g/mol. The van der Waals surface area contributed by atoms with Gasteiger partial charge in [-0.2, -0.15) is 5.26 Å². The molecule has 1 aliphatic heterocycles. The second-order valence-electron chi connectivity index (χ2n) is 8.11. The fraction of sp³-hybridized carbons (Fsp3) is 0.259. The predicted octanol–water partition coefficient (Wildman–Crippen LogP) is 4.76. The normalized spacial score (nSPS) is 15.4. The largest absolute Gasteiger partial charge is 0.370 e. The second kappa shape index (κ2) is 10.1. The van der Waals surface area contributed by atoms with Gasteiger partial charge in [-0.15, -0.1) is 0 Å². The molecule has 162 valence electrons. The third kappa shape index (κ3) is 4.99. The van der Waals surface area contributed by atoms with Gasteiger partial charge in [0.15, 0.2) is 0 Å². The number of anilines is 2. The summed E-state index contributed by atoms with van der Waals surface area (Å²) in [6.07, 6.45) is 0.984. The van der Waals surface area contributed by atoms with Crippen LogP contribution in [-0.2, 0) is 4.79 Å². The lowest BCUT2D eigenvalue weighted by atomic mass is 10.0. The number of nitrogens with one attached hydrogen (secondary N) is 1. The Kier molecular flexibility index (Phi) is 6.84. The fourth-order valence-corrected chi connectivity index (χ4v) is 4.19. The van der Waals surface area contributed by atoms with Crippen LogP contribution in [0.1, 0.15) is 18.9 Å². The summed E-state index contributed by atoms with van der Waals surface area (Å²) in [6.45, 7) is 5.46. The molecule has 1 saturated heterocycles. The summed E-state index contributed by atoms with van der Waals surface area (Å²) >= 11 is 0. The lowest BCUT2D eigenvalue weighted by Gasteiger charge is -2.27. The van der Waals surface area contributed by atoms with Crippen molar-refractivity contribution in [1.29, 1.82) is 5.26 Å². The number of para-hydroxylation sites is 1. The molecule has 1 unspecified atom stereocenters. The zero-order valence-corrected chi connectivity index (χ0v) is 18.4. The molecule has 0 bridgehead atoms. The maximum Gasteiger partial charge on any atom is 0.241 e. The molecule has 0 spiro atoms. The van der Waals surface area contributed by atoms with Crippen LogP contribution in [0.5, 0.6) is 0 Å². The molecule has 5 heteroatoms. The van der Waals surface area contributed by atoms with E-state index in [1.807, 2.05) is 73.7 Å². The number of carbonyl (C=O) groups is 1. The summed E-state index contributed by atoms with van der Waals surface area (Å²) in [5.41, 5.74) is 4.75.